The summed E-state index contributed by atoms with van der Waals surface area (Å²) in [6, 6.07) is 6.47. The maximum atomic E-state index is 13.2. The van der Waals surface area contributed by atoms with Gasteiger partial charge in [0.05, 0.1) is 17.0 Å². The molecule has 10 heteroatoms. The zero-order chi connectivity index (χ0) is 23.1. The number of ether oxygens (including phenoxy) is 1. The third-order valence-electron chi connectivity index (χ3n) is 5.21. The second-order valence-corrected chi connectivity index (χ2v) is 10.3. The monoisotopic (exact) mass is 476 g/mol. The van der Waals surface area contributed by atoms with Gasteiger partial charge in [-0.2, -0.15) is 0 Å². The van der Waals surface area contributed by atoms with Crippen molar-refractivity contribution in [1.82, 2.24) is 4.98 Å². The average molecular weight is 477 g/mol. The van der Waals surface area contributed by atoms with E-state index < -0.39 is 5.91 Å². The molecule has 1 aromatic carbocycles. The summed E-state index contributed by atoms with van der Waals surface area (Å²) in [5.41, 5.74) is 6.40. The van der Waals surface area contributed by atoms with Crippen molar-refractivity contribution in [3.05, 3.63) is 36.0 Å². The van der Waals surface area contributed by atoms with E-state index in [1.807, 2.05) is 0 Å². The number of primary amides is 1. The first-order valence-corrected chi connectivity index (χ1v) is 12.3. The predicted octanol–water partition coefficient (Wildman–Crippen LogP) is 4.51. The molecule has 0 saturated heterocycles. The Kier molecular flexibility index (Phi) is 8.52. The number of carbonyl (C=O) groups is 3. The Morgan fingerprint density at radius 2 is 2.09 bits per heavy atom. The van der Waals surface area contributed by atoms with Gasteiger partial charge in [0, 0.05) is 17.8 Å². The Labute approximate surface area is 195 Å². The lowest BCUT2D eigenvalue weighted by Gasteiger charge is -2.26. The van der Waals surface area contributed by atoms with Crippen molar-refractivity contribution in [2.45, 2.75) is 49.0 Å². The molecule has 8 nitrogen and oxygen atoms in total. The van der Waals surface area contributed by atoms with E-state index in [1.165, 1.54) is 23.1 Å². The van der Waals surface area contributed by atoms with Gasteiger partial charge in [-0.3, -0.25) is 19.8 Å². The maximum absolute atomic E-state index is 13.2. The van der Waals surface area contributed by atoms with Crippen molar-refractivity contribution in [2.75, 3.05) is 23.4 Å². The molecule has 32 heavy (non-hydrogen) atoms. The summed E-state index contributed by atoms with van der Waals surface area (Å²) in [6.07, 6.45) is 6.10. The average Bonchev–Trinajstić information content (AvgIpc) is 3.44. The molecule has 0 bridgehead atoms. The van der Waals surface area contributed by atoms with Crippen molar-refractivity contribution in [3.8, 4) is 0 Å². The van der Waals surface area contributed by atoms with Gasteiger partial charge in [-0.05, 0) is 50.8 Å². The molecule has 0 radical (unpaired) electrons. The molecule has 3 rings (SSSR count). The number of rotatable bonds is 9. The van der Waals surface area contributed by atoms with Crippen LogP contribution >= 0.6 is 23.1 Å². The molecule has 1 atom stereocenters. The Balaban J connectivity index is 1.72. The minimum atomic E-state index is -0.537. The molecule has 1 aromatic heterocycles. The van der Waals surface area contributed by atoms with Crippen LogP contribution in [-0.2, 0) is 9.53 Å². The van der Waals surface area contributed by atoms with E-state index in [1.54, 1.807) is 49.2 Å². The van der Waals surface area contributed by atoms with Crippen LogP contribution < -0.4 is 16.0 Å². The summed E-state index contributed by atoms with van der Waals surface area (Å²) < 4.78 is 5.84. The summed E-state index contributed by atoms with van der Waals surface area (Å²) in [7, 11) is 0. The third-order valence-corrected chi connectivity index (χ3v) is 7.34. The Bertz CT molecular complexity index is 959. The van der Waals surface area contributed by atoms with E-state index in [0.29, 0.717) is 35.5 Å². The smallest absolute Gasteiger partial charge is 0.328 e. The SMILES string of the molecule is CCOC(=O)C(C)Sc1cnc(NC(=O)N(CC2CCCC2)c2cccc(C(N)=O)c2)s1. The first-order valence-electron chi connectivity index (χ1n) is 10.6. The van der Waals surface area contributed by atoms with Crippen LogP contribution in [-0.4, -0.2) is 41.3 Å². The second-order valence-electron chi connectivity index (χ2n) is 7.60. The number of amides is 3. The highest BCUT2D eigenvalue weighted by molar-refractivity contribution is 8.02. The molecule has 172 valence electrons. The molecule has 0 spiro atoms. The van der Waals surface area contributed by atoms with Crippen molar-refractivity contribution >= 4 is 51.8 Å². The quantitative estimate of drug-likeness (QED) is 0.406. The Morgan fingerprint density at radius 1 is 1.34 bits per heavy atom. The number of anilines is 2. The highest BCUT2D eigenvalue weighted by atomic mass is 32.2. The zero-order valence-electron chi connectivity index (χ0n) is 18.2. The van der Waals surface area contributed by atoms with Gasteiger partial charge in [0.15, 0.2) is 5.13 Å². The van der Waals surface area contributed by atoms with Gasteiger partial charge in [0.25, 0.3) is 0 Å². The number of carbonyl (C=O) groups excluding carboxylic acids is 3. The van der Waals surface area contributed by atoms with Crippen LogP contribution in [0.2, 0.25) is 0 Å². The number of benzene rings is 1. The molecule has 1 aliphatic carbocycles. The van der Waals surface area contributed by atoms with E-state index in [4.69, 9.17) is 10.5 Å². The van der Waals surface area contributed by atoms with Gasteiger partial charge < -0.3 is 10.5 Å². The lowest BCUT2D eigenvalue weighted by atomic mass is 10.1. The van der Waals surface area contributed by atoms with Gasteiger partial charge in [-0.15, -0.1) is 0 Å². The number of hydrogen-bond acceptors (Lipinski definition) is 7. The molecule has 3 N–H and O–H groups in total. The molecular weight excluding hydrogens is 448 g/mol. The van der Waals surface area contributed by atoms with E-state index in [0.717, 1.165) is 29.9 Å². The summed E-state index contributed by atoms with van der Waals surface area (Å²) >= 11 is 2.64. The van der Waals surface area contributed by atoms with E-state index in [9.17, 15) is 14.4 Å². The number of aromatic nitrogens is 1. The van der Waals surface area contributed by atoms with E-state index >= 15 is 0 Å². The van der Waals surface area contributed by atoms with Crippen molar-refractivity contribution < 1.29 is 19.1 Å². The minimum absolute atomic E-state index is 0.284. The largest absolute Gasteiger partial charge is 0.465 e. The normalized spacial score (nSPS) is 14.7. The fraction of sp³-hybridized carbons (Fsp3) is 0.455. The first-order chi connectivity index (χ1) is 15.4. The second kappa shape index (κ2) is 11.3. The molecule has 1 aliphatic rings. The number of urea groups is 1. The van der Waals surface area contributed by atoms with Crippen LogP contribution in [0.3, 0.4) is 0 Å². The van der Waals surface area contributed by atoms with Crippen LogP contribution in [0.5, 0.6) is 0 Å². The molecule has 1 saturated carbocycles. The lowest BCUT2D eigenvalue weighted by Crippen LogP contribution is -2.38. The van der Waals surface area contributed by atoms with Crippen LogP contribution in [0.4, 0.5) is 15.6 Å². The fourth-order valence-electron chi connectivity index (χ4n) is 3.60. The van der Waals surface area contributed by atoms with E-state index in [2.05, 4.69) is 10.3 Å². The number of thioether (sulfide) groups is 1. The van der Waals surface area contributed by atoms with Crippen LogP contribution in [0.25, 0.3) is 0 Å². The van der Waals surface area contributed by atoms with Crippen molar-refractivity contribution in [1.29, 1.82) is 0 Å². The number of thiazole rings is 1. The molecule has 0 aliphatic heterocycles. The summed E-state index contributed by atoms with van der Waals surface area (Å²) in [5, 5.41) is 2.93. The number of nitrogens with one attached hydrogen (secondary N) is 1. The zero-order valence-corrected chi connectivity index (χ0v) is 19.8. The summed E-state index contributed by atoms with van der Waals surface area (Å²) in [6.45, 7) is 4.43. The maximum Gasteiger partial charge on any atom is 0.328 e. The number of esters is 1. The van der Waals surface area contributed by atoms with Gasteiger partial charge in [0.2, 0.25) is 5.91 Å². The van der Waals surface area contributed by atoms with Crippen LogP contribution in [0.15, 0.2) is 34.7 Å². The van der Waals surface area contributed by atoms with Gasteiger partial charge in [-0.1, -0.05) is 42.0 Å². The van der Waals surface area contributed by atoms with Crippen molar-refractivity contribution in [2.24, 2.45) is 11.7 Å². The number of hydrogen-bond donors (Lipinski definition) is 2. The standard InChI is InChI=1S/C22H28N4O4S2/c1-3-30-20(28)14(2)31-18-12-24-21(32-18)25-22(29)26(13-15-7-4-5-8-15)17-10-6-9-16(11-17)19(23)27/h6,9-12,14-15H,3-5,7-8,13H2,1-2H3,(H2,23,27)(H,24,25,29). The highest BCUT2D eigenvalue weighted by Crippen LogP contribution is 2.33. The van der Waals surface area contributed by atoms with E-state index in [-0.39, 0.29) is 17.3 Å². The summed E-state index contributed by atoms with van der Waals surface area (Å²) in [4.78, 5) is 42.6. The van der Waals surface area contributed by atoms with Gasteiger partial charge >= 0.3 is 12.0 Å². The van der Waals surface area contributed by atoms with Gasteiger partial charge in [0.1, 0.15) is 5.25 Å². The number of nitrogens with two attached hydrogens (primary N) is 1. The first kappa shape index (κ1) is 24.1. The molecule has 1 heterocycles. The molecule has 1 fully saturated rings. The highest BCUT2D eigenvalue weighted by Gasteiger charge is 2.25. The van der Waals surface area contributed by atoms with Crippen LogP contribution in [0, 0.1) is 5.92 Å². The molecule has 3 amide bonds. The fourth-order valence-corrected chi connectivity index (χ4v) is 5.62. The minimum Gasteiger partial charge on any atom is -0.465 e. The molecular formula is C22H28N4O4S2. The number of nitrogens with zero attached hydrogens (tertiary/aromatic N) is 2. The van der Waals surface area contributed by atoms with Crippen molar-refractivity contribution in [3.63, 3.8) is 0 Å². The third kappa shape index (κ3) is 6.46. The lowest BCUT2D eigenvalue weighted by molar-refractivity contribution is -0.142. The van der Waals surface area contributed by atoms with Crippen LogP contribution in [0.1, 0.15) is 49.9 Å². The predicted molar refractivity (Wildman–Crippen MR) is 127 cm³/mol. The Morgan fingerprint density at radius 3 is 2.78 bits per heavy atom. The topological polar surface area (TPSA) is 115 Å². The molecule has 1 unspecified atom stereocenters. The molecule has 2 aromatic rings. The van der Waals surface area contributed by atoms with Gasteiger partial charge in [-0.25, -0.2) is 9.78 Å². The summed E-state index contributed by atoms with van der Waals surface area (Å²) in [5.74, 6) is -0.412. The Hall–Kier alpha value is -2.59.